The molecule has 0 spiro atoms. The van der Waals surface area contributed by atoms with Crippen molar-refractivity contribution < 1.29 is 18.8 Å². The number of ether oxygens (including phenoxy) is 1. The number of rotatable bonds is 8. The molecule has 1 aromatic carbocycles. The molecule has 2 amide bonds. The summed E-state index contributed by atoms with van der Waals surface area (Å²) in [7, 11) is 1.60. The molecule has 132 valence electrons. The molecule has 1 saturated carbocycles. The molecule has 0 aliphatic heterocycles. The summed E-state index contributed by atoms with van der Waals surface area (Å²) in [4.78, 5) is 27.6. The van der Waals surface area contributed by atoms with E-state index in [1.54, 1.807) is 7.11 Å². The van der Waals surface area contributed by atoms with Gasteiger partial charge in [-0.15, -0.1) is 0 Å². The molecule has 25 heavy (non-hydrogen) atoms. The van der Waals surface area contributed by atoms with Crippen molar-refractivity contribution in [2.45, 2.75) is 31.7 Å². The quantitative estimate of drug-likeness (QED) is 0.742. The Labute approximate surface area is 144 Å². The number of hydrogen-bond donors (Lipinski definition) is 2. The van der Waals surface area contributed by atoms with Crippen molar-refractivity contribution in [3.63, 3.8) is 0 Å². The summed E-state index contributed by atoms with van der Waals surface area (Å²) >= 11 is 0. The predicted octanol–water partition coefficient (Wildman–Crippen LogP) is 1.07. The van der Waals surface area contributed by atoms with E-state index in [2.05, 4.69) is 20.8 Å². The number of carbonyl (C=O) groups is 2. The number of nitrogens with one attached hydrogen (secondary N) is 2. The second kappa shape index (κ2) is 7.78. The highest BCUT2D eigenvalue weighted by atomic mass is 16.5. The highest BCUT2D eigenvalue weighted by molar-refractivity contribution is 5.84. The molecule has 1 aliphatic carbocycles. The zero-order chi connectivity index (χ0) is 17.6. The fourth-order valence-corrected chi connectivity index (χ4v) is 2.21. The first-order valence-corrected chi connectivity index (χ1v) is 8.17. The Hall–Kier alpha value is -2.90. The van der Waals surface area contributed by atoms with Gasteiger partial charge < -0.3 is 19.9 Å². The summed E-state index contributed by atoms with van der Waals surface area (Å²) < 4.78 is 10.3. The lowest BCUT2D eigenvalue weighted by atomic mass is 10.2. The lowest BCUT2D eigenvalue weighted by Crippen LogP contribution is -2.37. The number of aryl methyl sites for hydroxylation is 1. The van der Waals surface area contributed by atoms with E-state index in [9.17, 15) is 9.59 Å². The Bertz CT molecular complexity index is 737. The molecule has 3 rings (SSSR count). The number of benzene rings is 1. The fraction of sp³-hybridized carbons (Fsp3) is 0.412. The summed E-state index contributed by atoms with van der Waals surface area (Å²) in [5.41, 5.74) is 0.803. The standard InChI is InChI=1S/C17H20N4O4/c1-24-13-6-2-11(3-7-13)17-20-16(25-21-17)9-8-14(22)18-10-15(23)19-12-4-5-12/h2-3,6-7,12H,4-5,8-10H2,1H3,(H,18,22)(H,19,23). The number of carbonyl (C=O) groups excluding carboxylic acids is 2. The molecule has 1 heterocycles. The fourth-order valence-electron chi connectivity index (χ4n) is 2.21. The van der Waals surface area contributed by atoms with Crippen LogP contribution in [-0.2, 0) is 16.0 Å². The van der Waals surface area contributed by atoms with Crippen LogP contribution < -0.4 is 15.4 Å². The van der Waals surface area contributed by atoms with Crippen molar-refractivity contribution >= 4 is 11.8 Å². The molecule has 1 aromatic heterocycles. The van der Waals surface area contributed by atoms with Crippen molar-refractivity contribution in [1.29, 1.82) is 0 Å². The molecule has 0 saturated heterocycles. The van der Waals surface area contributed by atoms with Crippen molar-refractivity contribution in [3.8, 4) is 17.1 Å². The smallest absolute Gasteiger partial charge is 0.239 e. The predicted molar refractivity (Wildman–Crippen MR) is 88.8 cm³/mol. The third kappa shape index (κ3) is 5.03. The molecule has 8 heteroatoms. The minimum absolute atomic E-state index is 0.00371. The maximum absolute atomic E-state index is 11.8. The van der Waals surface area contributed by atoms with Crippen LogP contribution in [0.3, 0.4) is 0 Å². The second-order valence-corrected chi connectivity index (χ2v) is 5.86. The van der Waals surface area contributed by atoms with E-state index in [-0.39, 0.29) is 24.8 Å². The average Bonchev–Trinajstić information content (AvgIpc) is 3.31. The van der Waals surface area contributed by atoms with Crippen molar-refractivity contribution in [2.75, 3.05) is 13.7 Å². The first-order chi connectivity index (χ1) is 12.1. The van der Waals surface area contributed by atoms with Crippen molar-refractivity contribution in [3.05, 3.63) is 30.2 Å². The number of amides is 2. The summed E-state index contributed by atoms with van der Waals surface area (Å²) in [6.07, 6.45) is 2.54. The number of methoxy groups -OCH3 is 1. The largest absolute Gasteiger partial charge is 0.497 e. The Morgan fingerprint density at radius 1 is 1.24 bits per heavy atom. The van der Waals surface area contributed by atoms with Gasteiger partial charge in [-0.25, -0.2) is 0 Å². The van der Waals surface area contributed by atoms with E-state index in [1.807, 2.05) is 24.3 Å². The van der Waals surface area contributed by atoms with Crippen LogP contribution in [0.2, 0.25) is 0 Å². The van der Waals surface area contributed by atoms with Crippen LogP contribution >= 0.6 is 0 Å². The van der Waals surface area contributed by atoms with E-state index in [4.69, 9.17) is 9.26 Å². The van der Waals surface area contributed by atoms with Crippen LogP contribution in [0.15, 0.2) is 28.8 Å². The minimum Gasteiger partial charge on any atom is -0.497 e. The molecule has 1 aliphatic rings. The topological polar surface area (TPSA) is 106 Å². The van der Waals surface area contributed by atoms with Gasteiger partial charge in [-0.2, -0.15) is 4.98 Å². The summed E-state index contributed by atoms with van der Waals surface area (Å²) in [6.45, 7) is -0.00371. The lowest BCUT2D eigenvalue weighted by molar-refractivity contribution is -0.126. The van der Waals surface area contributed by atoms with Gasteiger partial charge in [0.05, 0.1) is 13.7 Å². The van der Waals surface area contributed by atoms with Gasteiger partial charge in [0, 0.05) is 24.4 Å². The summed E-state index contributed by atoms with van der Waals surface area (Å²) in [5, 5.41) is 9.30. The first kappa shape index (κ1) is 16.9. The zero-order valence-electron chi connectivity index (χ0n) is 13.9. The maximum Gasteiger partial charge on any atom is 0.239 e. The van der Waals surface area contributed by atoms with Gasteiger partial charge in [0.2, 0.25) is 23.5 Å². The van der Waals surface area contributed by atoms with Gasteiger partial charge in [-0.1, -0.05) is 5.16 Å². The first-order valence-electron chi connectivity index (χ1n) is 8.17. The third-order valence-electron chi connectivity index (χ3n) is 3.77. The van der Waals surface area contributed by atoms with Gasteiger partial charge >= 0.3 is 0 Å². The molecule has 2 aromatic rings. The minimum atomic E-state index is -0.227. The molecular weight excluding hydrogens is 324 g/mol. The Kier molecular flexibility index (Phi) is 5.27. The second-order valence-electron chi connectivity index (χ2n) is 5.86. The van der Waals surface area contributed by atoms with Crippen molar-refractivity contribution in [2.24, 2.45) is 0 Å². The summed E-state index contributed by atoms with van der Waals surface area (Å²) in [5.74, 6) is 1.20. The molecule has 0 unspecified atom stereocenters. The number of aromatic nitrogens is 2. The Morgan fingerprint density at radius 3 is 2.68 bits per heavy atom. The summed E-state index contributed by atoms with van der Waals surface area (Å²) in [6, 6.07) is 7.58. The maximum atomic E-state index is 11.8. The highest BCUT2D eigenvalue weighted by Crippen LogP contribution is 2.20. The molecule has 0 bridgehead atoms. The highest BCUT2D eigenvalue weighted by Gasteiger charge is 2.23. The lowest BCUT2D eigenvalue weighted by Gasteiger charge is -2.04. The average molecular weight is 344 g/mol. The van der Waals surface area contributed by atoms with Crippen LogP contribution in [0, 0.1) is 0 Å². The molecular formula is C17H20N4O4. The molecule has 2 N–H and O–H groups in total. The third-order valence-corrected chi connectivity index (χ3v) is 3.77. The van der Waals surface area contributed by atoms with Crippen molar-refractivity contribution in [1.82, 2.24) is 20.8 Å². The van der Waals surface area contributed by atoms with E-state index < -0.39 is 0 Å². The number of hydrogen-bond acceptors (Lipinski definition) is 6. The molecule has 8 nitrogen and oxygen atoms in total. The van der Waals surface area contributed by atoms with E-state index in [0.29, 0.717) is 24.2 Å². The molecule has 0 radical (unpaired) electrons. The normalized spacial score (nSPS) is 13.3. The van der Waals surface area contributed by atoms with Crippen LogP contribution in [0.25, 0.3) is 11.4 Å². The number of nitrogens with zero attached hydrogens (tertiary/aromatic N) is 2. The van der Waals surface area contributed by atoms with E-state index in [1.165, 1.54) is 0 Å². The molecule has 1 fully saturated rings. The van der Waals surface area contributed by atoms with E-state index in [0.717, 1.165) is 24.2 Å². The van der Waals surface area contributed by atoms with Gasteiger partial charge in [0.25, 0.3) is 0 Å². The van der Waals surface area contributed by atoms with Crippen LogP contribution in [-0.4, -0.2) is 41.7 Å². The zero-order valence-corrected chi connectivity index (χ0v) is 13.9. The van der Waals surface area contributed by atoms with Crippen LogP contribution in [0.5, 0.6) is 5.75 Å². The van der Waals surface area contributed by atoms with Gasteiger partial charge in [-0.3, -0.25) is 9.59 Å². The van der Waals surface area contributed by atoms with Gasteiger partial charge in [0.1, 0.15) is 5.75 Å². The van der Waals surface area contributed by atoms with Crippen LogP contribution in [0.1, 0.15) is 25.2 Å². The Balaban J connectivity index is 1.44. The molecule has 0 atom stereocenters. The van der Waals surface area contributed by atoms with E-state index >= 15 is 0 Å². The van der Waals surface area contributed by atoms with Crippen LogP contribution in [0.4, 0.5) is 0 Å². The monoisotopic (exact) mass is 344 g/mol. The Morgan fingerprint density at radius 2 is 2.00 bits per heavy atom. The SMILES string of the molecule is COc1ccc(-c2noc(CCC(=O)NCC(=O)NC3CC3)n2)cc1. The van der Waals surface area contributed by atoms with Gasteiger partial charge in [-0.05, 0) is 37.1 Å². The van der Waals surface area contributed by atoms with Gasteiger partial charge in [0.15, 0.2) is 0 Å².